The molecule has 7 heteroatoms. The molecule has 3 rings (SSSR count). The Kier molecular flexibility index (Phi) is 6.29. The summed E-state index contributed by atoms with van der Waals surface area (Å²) in [6.45, 7) is 3.97. The number of cyclic esters (lactones) is 1. The summed E-state index contributed by atoms with van der Waals surface area (Å²) in [6, 6.07) is 12.7. The zero-order chi connectivity index (χ0) is 20.8. The van der Waals surface area contributed by atoms with Crippen molar-refractivity contribution in [2.24, 2.45) is 4.99 Å². The highest BCUT2D eigenvalue weighted by molar-refractivity contribution is 6.12. The van der Waals surface area contributed by atoms with E-state index in [-0.39, 0.29) is 18.2 Å². The number of nitrogens with zero attached hydrogens (tertiary/aromatic N) is 1. The fourth-order valence-corrected chi connectivity index (χ4v) is 2.67. The molecule has 0 aliphatic carbocycles. The van der Waals surface area contributed by atoms with Crippen LogP contribution in [0.1, 0.15) is 23.6 Å². The Bertz CT molecular complexity index is 993. The minimum atomic E-state index is -0.523. The standard InChI is InChI=1S/C22H21NO6/c1-4-27-19-12-15(8-9-18(19)28-13-20(24)26-3)11-17-22(25)29-21(23-17)16-7-5-6-14(2)10-16/h5-12H,4,13H2,1-3H3. The molecule has 0 fully saturated rings. The van der Waals surface area contributed by atoms with Crippen LogP contribution in [0.4, 0.5) is 0 Å². The van der Waals surface area contributed by atoms with Crippen molar-refractivity contribution in [2.45, 2.75) is 13.8 Å². The number of aliphatic imine (C=N–C) groups is 1. The Morgan fingerprint density at radius 3 is 2.69 bits per heavy atom. The third kappa shape index (κ3) is 5.01. The van der Waals surface area contributed by atoms with Crippen molar-refractivity contribution in [3.05, 3.63) is 64.9 Å². The lowest BCUT2D eigenvalue weighted by Crippen LogP contribution is -2.13. The number of aryl methyl sites for hydroxylation is 1. The van der Waals surface area contributed by atoms with Gasteiger partial charge in [-0.2, -0.15) is 0 Å². The van der Waals surface area contributed by atoms with Crippen LogP contribution in [0.5, 0.6) is 11.5 Å². The average Bonchev–Trinajstić information content (AvgIpc) is 3.08. The van der Waals surface area contributed by atoms with Crippen molar-refractivity contribution in [1.82, 2.24) is 0 Å². The lowest BCUT2D eigenvalue weighted by atomic mass is 10.1. The lowest BCUT2D eigenvalue weighted by molar-refractivity contribution is -0.143. The minimum Gasteiger partial charge on any atom is -0.490 e. The fraction of sp³-hybridized carbons (Fsp3) is 0.227. The predicted octanol–water partition coefficient (Wildman–Crippen LogP) is 3.29. The molecule has 0 N–H and O–H groups in total. The number of ether oxygens (including phenoxy) is 4. The number of hydrogen-bond donors (Lipinski definition) is 0. The van der Waals surface area contributed by atoms with E-state index in [9.17, 15) is 9.59 Å². The topological polar surface area (TPSA) is 83.4 Å². The monoisotopic (exact) mass is 395 g/mol. The molecule has 0 unspecified atom stereocenters. The largest absolute Gasteiger partial charge is 0.490 e. The highest BCUT2D eigenvalue weighted by Crippen LogP contribution is 2.30. The number of rotatable bonds is 7. The first kappa shape index (κ1) is 20.1. The van der Waals surface area contributed by atoms with Crippen molar-refractivity contribution >= 4 is 23.9 Å². The molecule has 2 aromatic carbocycles. The maximum absolute atomic E-state index is 12.2. The first-order valence-corrected chi connectivity index (χ1v) is 9.06. The van der Waals surface area contributed by atoms with E-state index in [0.717, 1.165) is 11.1 Å². The van der Waals surface area contributed by atoms with E-state index in [1.165, 1.54) is 7.11 Å². The smallest absolute Gasteiger partial charge is 0.363 e. The van der Waals surface area contributed by atoms with Gasteiger partial charge in [0.2, 0.25) is 5.90 Å². The maximum Gasteiger partial charge on any atom is 0.363 e. The van der Waals surface area contributed by atoms with Gasteiger partial charge in [0.1, 0.15) is 0 Å². The maximum atomic E-state index is 12.2. The number of methoxy groups -OCH3 is 1. The van der Waals surface area contributed by atoms with Gasteiger partial charge in [0, 0.05) is 5.56 Å². The fourth-order valence-electron chi connectivity index (χ4n) is 2.67. The molecular weight excluding hydrogens is 374 g/mol. The van der Waals surface area contributed by atoms with E-state index in [2.05, 4.69) is 9.73 Å². The zero-order valence-electron chi connectivity index (χ0n) is 16.4. The van der Waals surface area contributed by atoms with Crippen molar-refractivity contribution in [3.63, 3.8) is 0 Å². The molecule has 0 atom stereocenters. The molecule has 0 bridgehead atoms. The molecule has 0 aromatic heterocycles. The quantitative estimate of drug-likeness (QED) is 0.528. The molecular formula is C22H21NO6. The van der Waals surface area contributed by atoms with Gasteiger partial charge in [0.15, 0.2) is 23.8 Å². The van der Waals surface area contributed by atoms with Gasteiger partial charge in [0.25, 0.3) is 0 Å². The van der Waals surface area contributed by atoms with Crippen LogP contribution in [-0.4, -0.2) is 38.2 Å². The molecule has 1 heterocycles. The van der Waals surface area contributed by atoms with Gasteiger partial charge in [-0.3, -0.25) is 0 Å². The van der Waals surface area contributed by atoms with E-state index in [0.29, 0.717) is 23.7 Å². The van der Waals surface area contributed by atoms with Crippen LogP contribution in [0.3, 0.4) is 0 Å². The summed E-state index contributed by atoms with van der Waals surface area (Å²) in [5.41, 5.74) is 2.65. The average molecular weight is 395 g/mol. The summed E-state index contributed by atoms with van der Waals surface area (Å²) in [4.78, 5) is 27.8. The highest BCUT2D eigenvalue weighted by Gasteiger charge is 2.24. The normalized spacial score (nSPS) is 14.4. The van der Waals surface area contributed by atoms with Crippen molar-refractivity contribution in [1.29, 1.82) is 0 Å². The van der Waals surface area contributed by atoms with Crippen LogP contribution in [0.25, 0.3) is 6.08 Å². The second-order valence-electron chi connectivity index (χ2n) is 6.21. The van der Waals surface area contributed by atoms with Gasteiger partial charge in [-0.1, -0.05) is 23.8 Å². The summed E-state index contributed by atoms with van der Waals surface area (Å²) in [5, 5.41) is 0. The predicted molar refractivity (Wildman–Crippen MR) is 107 cm³/mol. The zero-order valence-corrected chi connectivity index (χ0v) is 16.4. The summed E-state index contributed by atoms with van der Waals surface area (Å²) in [5.74, 6) is 0.0983. The minimum absolute atomic E-state index is 0.187. The third-order valence-corrected chi connectivity index (χ3v) is 4.03. The molecule has 1 aliphatic rings. The first-order chi connectivity index (χ1) is 14.0. The van der Waals surface area contributed by atoms with Crippen molar-refractivity contribution in [2.75, 3.05) is 20.3 Å². The van der Waals surface area contributed by atoms with E-state index in [1.54, 1.807) is 24.3 Å². The van der Waals surface area contributed by atoms with E-state index in [1.807, 2.05) is 38.1 Å². The molecule has 0 spiro atoms. The molecule has 150 valence electrons. The summed E-state index contributed by atoms with van der Waals surface area (Å²) in [6.07, 6.45) is 1.61. The number of benzene rings is 2. The number of hydrogen-bond acceptors (Lipinski definition) is 7. The van der Waals surface area contributed by atoms with Crippen LogP contribution in [0.15, 0.2) is 53.2 Å². The van der Waals surface area contributed by atoms with Crippen LogP contribution < -0.4 is 9.47 Å². The second-order valence-corrected chi connectivity index (χ2v) is 6.21. The first-order valence-electron chi connectivity index (χ1n) is 9.06. The molecule has 0 saturated heterocycles. The number of carbonyl (C=O) groups excluding carboxylic acids is 2. The van der Waals surface area contributed by atoms with E-state index < -0.39 is 11.9 Å². The molecule has 1 aliphatic heterocycles. The Hall–Kier alpha value is -3.61. The summed E-state index contributed by atoms with van der Waals surface area (Å²) < 4.78 is 20.9. The molecule has 29 heavy (non-hydrogen) atoms. The van der Waals surface area contributed by atoms with Gasteiger partial charge in [-0.15, -0.1) is 0 Å². The Morgan fingerprint density at radius 1 is 1.14 bits per heavy atom. The molecule has 7 nitrogen and oxygen atoms in total. The van der Waals surface area contributed by atoms with Crippen LogP contribution in [0, 0.1) is 6.92 Å². The molecule has 0 amide bonds. The molecule has 0 radical (unpaired) electrons. The second kappa shape index (κ2) is 9.05. The van der Waals surface area contributed by atoms with Gasteiger partial charge in [-0.05, 0) is 49.8 Å². The Labute approximate surface area is 168 Å². The van der Waals surface area contributed by atoms with Crippen molar-refractivity contribution < 1.29 is 28.5 Å². The van der Waals surface area contributed by atoms with Crippen LogP contribution in [-0.2, 0) is 19.1 Å². The van der Waals surface area contributed by atoms with Crippen LogP contribution >= 0.6 is 0 Å². The van der Waals surface area contributed by atoms with E-state index >= 15 is 0 Å². The summed E-state index contributed by atoms with van der Waals surface area (Å²) in [7, 11) is 1.29. The highest BCUT2D eigenvalue weighted by atomic mass is 16.6. The summed E-state index contributed by atoms with van der Waals surface area (Å²) >= 11 is 0. The molecule has 2 aromatic rings. The van der Waals surface area contributed by atoms with Gasteiger partial charge < -0.3 is 18.9 Å². The van der Waals surface area contributed by atoms with E-state index in [4.69, 9.17) is 14.2 Å². The molecule has 0 saturated carbocycles. The lowest BCUT2D eigenvalue weighted by Gasteiger charge is -2.11. The number of esters is 2. The number of carbonyl (C=O) groups is 2. The van der Waals surface area contributed by atoms with Gasteiger partial charge in [-0.25, -0.2) is 14.6 Å². The Balaban J connectivity index is 1.86. The van der Waals surface area contributed by atoms with Gasteiger partial charge >= 0.3 is 11.9 Å². The SMILES string of the molecule is CCOc1cc(C=C2N=C(c3cccc(C)c3)OC2=O)ccc1OCC(=O)OC. The van der Waals surface area contributed by atoms with Crippen molar-refractivity contribution in [3.8, 4) is 11.5 Å². The Morgan fingerprint density at radius 2 is 1.97 bits per heavy atom. The third-order valence-electron chi connectivity index (χ3n) is 4.03. The van der Waals surface area contributed by atoms with Gasteiger partial charge in [0.05, 0.1) is 13.7 Å². The van der Waals surface area contributed by atoms with Crippen LogP contribution in [0.2, 0.25) is 0 Å².